The fraction of sp³-hybridized carbons (Fsp3) is 0.643. The Bertz CT molecular complexity index is 460. The first-order valence-corrected chi connectivity index (χ1v) is 6.85. The smallest absolute Gasteiger partial charge is 0.417 e. The molecule has 0 unspecified atom stereocenters. The molecule has 3 atom stereocenters. The molecule has 0 spiro atoms. The van der Waals surface area contributed by atoms with Crippen molar-refractivity contribution in [3.63, 3.8) is 0 Å². The van der Waals surface area contributed by atoms with Crippen LogP contribution in [-0.4, -0.2) is 35.1 Å². The molecule has 0 N–H and O–H groups in total. The molecular weight excluding hydrogens is 269 g/mol. The fourth-order valence-electron chi connectivity index (χ4n) is 3.25. The van der Waals surface area contributed by atoms with Gasteiger partial charge in [-0.3, -0.25) is 0 Å². The summed E-state index contributed by atoms with van der Waals surface area (Å²) in [5, 5.41) is 0. The van der Waals surface area contributed by atoms with Crippen LogP contribution in [0.5, 0.6) is 5.88 Å². The molecule has 6 heteroatoms. The van der Waals surface area contributed by atoms with Crippen LogP contribution in [0.4, 0.5) is 13.2 Å². The van der Waals surface area contributed by atoms with Crippen molar-refractivity contribution < 1.29 is 17.9 Å². The first kappa shape index (κ1) is 13.7. The lowest BCUT2D eigenvalue weighted by Gasteiger charge is -2.36. The van der Waals surface area contributed by atoms with E-state index in [0.717, 1.165) is 25.1 Å². The summed E-state index contributed by atoms with van der Waals surface area (Å²) in [5.41, 5.74) is -0.742. The topological polar surface area (TPSA) is 25.4 Å². The van der Waals surface area contributed by atoms with Gasteiger partial charge in [0.15, 0.2) is 0 Å². The van der Waals surface area contributed by atoms with E-state index in [-0.39, 0.29) is 12.0 Å². The Balaban J connectivity index is 1.64. The normalized spacial score (nSPS) is 30.5. The first-order valence-electron chi connectivity index (χ1n) is 6.85. The number of halogens is 3. The molecular formula is C14H17F3N2O. The second kappa shape index (κ2) is 4.91. The number of nitrogens with zero attached hydrogens (tertiary/aromatic N) is 2. The molecule has 1 aromatic rings. The van der Waals surface area contributed by atoms with Gasteiger partial charge in [-0.2, -0.15) is 13.2 Å². The summed E-state index contributed by atoms with van der Waals surface area (Å²) in [5.74, 6) is 0.284. The number of hydrogen-bond donors (Lipinski definition) is 0. The van der Waals surface area contributed by atoms with Crippen molar-refractivity contribution in [2.24, 2.45) is 0 Å². The van der Waals surface area contributed by atoms with Crippen LogP contribution >= 0.6 is 0 Å². The number of ether oxygens (including phenoxy) is 1. The van der Waals surface area contributed by atoms with Crippen molar-refractivity contribution in [2.75, 3.05) is 7.05 Å². The van der Waals surface area contributed by atoms with Gasteiger partial charge in [-0.1, -0.05) is 0 Å². The predicted molar refractivity (Wildman–Crippen MR) is 67.5 cm³/mol. The van der Waals surface area contributed by atoms with E-state index < -0.39 is 11.7 Å². The Morgan fingerprint density at radius 1 is 1.20 bits per heavy atom. The molecule has 0 aliphatic carbocycles. The quantitative estimate of drug-likeness (QED) is 0.835. The number of fused-ring (bicyclic) bond motifs is 2. The highest BCUT2D eigenvalue weighted by Crippen LogP contribution is 2.36. The van der Waals surface area contributed by atoms with Crippen LogP contribution in [0.25, 0.3) is 0 Å². The molecule has 2 fully saturated rings. The number of hydrogen-bond acceptors (Lipinski definition) is 3. The summed E-state index contributed by atoms with van der Waals surface area (Å²) in [4.78, 5) is 6.16. The van der Waals surface area contributed by atoms with E-state index in [4.69, 9.17) is 4.74 Å². The summed E-state index contributed by atoms with van der Waals surface area (Å²) in [6.45, 7) is 0. The molecule has 3 nitrogen and oxygen atoms in total. The van der Waals surface area contributed by atoms with Gasteiger partial charge >= 0.3 is 6.18 Å². The lowest BCUT2D eigenvalue weighted by atomic mass is 10.0. The maximum absolute atomic E-state index is 12.4. The molecule has 2 aliphatic rings. The zero-order valence-electron chi connectivity index (χ0n) is 11.2. The van der Waals surface area contributed by atoms with Crippen molar-refractivity contribution in [1.29, 1.82) is 0 Å². The van der Waals surface area contributed by atoms with Crippen LogP contribution in [-0.2, 0) is 6.18 Å². The van der Waals surface area contributed by atoms with Gasteiger partial charge < -0.3 is 9.64 Å². The molecule has 20 heavy (non-hydrogen) atoms. The second-order valence-electron chi connectivity index (χ2n) is 5.64. The highest BCUT2D eigenvalue weighted by atomic mass is 19.4. The molecule has 2 aliphatic heterocycles. The minimum absolute atomic E-state index is 0.0629. The minimum Gasteiger partial charge on any atom is -0.474 e. The third kappa shape index (κ3) is 2.61. The van der Waals surface area contributed by atoms with Crippen LogP contribution < -0.4 is 4.74 Å². The average Bonchev–Trinajstić information content (AvgIpc) is 2.62. The van der Waals surface area contributed by atoms with Crippen LogP contribution in [0.3, 0.4) is 0 Å². The molecule has 0 aromatic carbocycles. The monoisotopic (exact) mass is 286 g/mol. The number of rotatable bonds is 2. The molecule has 2 bridgehead atoms. The lowest BCUT2D eigenvalue weighted by Crippen LogP contribution is -2.43. The number of aromatic nitrogens is 1. The number of pyridine rings is 1. The molecule has 110 valence electrons. The van der Waals surface area contributed by atoms with Crippen molar-refractivity contribution >= 4 is 0 Å². The van der Waals surface area contributed by atoms with E-state index in [9.17, 15) is 13.2 Å². The summed E-state index contributed by atoms with van der Waals surface area (Å²) in [6, 6.07) is 3.40. The molecule has 0 radical (unpaired) electrons. The highest BCUT2D eigenvalue weighted by Gasteiger charge is 2.39. The average molecular weight is 286 g/mol. The standard InChI is InChI=1S/C14H17F3N2O/c1-19-10-3-4-11(19)7-12(6-10)20-13-5-2-9(8-18-13)14(15,16)17/h2,5,8,10-12H,3-4,6-7H2,1H3/t10-,11+,12+. The van der Waals surface area contributed by atoms with Crippen LogP contribution in [0.1, 0.15) is 31.2 Å². The van der Waals surface area contributed by atoms with Crippen LogP contribution in [0.15, 0.2) is 18.3 Å². The largest absolute Gasteiger partial charge is 0.474 e. The van der Waals surface area contributed by atoms with Crippen LogP contribution in [0.2, 0.25) is 0 Å². The molecule has 3 rings (SSSR count). The number of alkyl halides is 3. The van der Waals surface area contributed by atoms with Gasteiger partial charge in [0.25, 0.3) is 0 Å². The molecule has 0 amide bonds. The predicted octanol–water partition coefficient (Wildman–Crippen LogP) is 3.10. The van der Waals surface area contributed by atoms with Crippen molar-refractivity contribution in [3.05, 3.63) is 23.9 Å². The van der Waals surface area contributed by atoms with Gasteiger partial charge in [-0.15, -0.1) is 0 Å². The highest BCUT2D eigenvalue weighted by molar-refractivity contribution is 5.20. The van der Waals surface area contributed by atoms with Gasteiger partial charge in [0.05, 0.1) is 5.56 Å². The van der Waals surface area contributed by atoms with E-state index in [1.807, 2.05) is 0 Å². The summed E-state index contributed by atoms with van der Waals surface area (Å²) < 4.78 is 43.1. The molecule has 3 heterocycles. The zero-order chi connectivity index (χ0) is 14.3. The van der Waals surface area contributed by atoms with E-state index in [2.05, 4.69) is 16.9 Å². The van der Waals surface area contributed by atoms with E-state index in [0.29, 0.717) is 12.1 Å². The molecule has 0 saturated carbocycles. The zero-order valence-corrected chi connectivity index (χ0v) is 11.2. The van der Waals surface area contributed by atoms with E-state index in [1.54, 1.807) is 0 Å². The first-order chi connectivity index (χ1) is 9.43. The van der Waals surface area contributed by atoms with Gasteiger partial charge in [0.1, 0.15) is 6.10 Å². The van der Waals surface area contributed by atoms with Gasteiger partial charge in [0.2, 0.25) is 5.88 Å². The lowest BCUT2D eigenvalue weighted by molar-refractivity contribution is -0.137. The third-order valence-corrected chi connectivity index (χ3v) is 4.41. The Labute approximate surface area is 115 Å². The Hall–Kier alpha value is -1.30. The van der Waals surface area contributed by atoms with Crippen molar-refractivity contribution in [1.82, 2.24) is 9.88 Å². The molecule has 1 aromatic heterocycles. The van der Waals surface area contributed by atoms with Crippen LogP contribution in [0, 0.1) is 0 Å². The molecule has 2 saturated heterocycles. The van der Waals surface area contributed by atoms with E-state index >= 15 is 0 Å². The maximum atomic E-state index is 12.4. The SMILES string of the molecule is CN1[C@@H]2CC[C@H]1C[C@@H](Oc1ccc(C(F)(F)F)cn1)C2. The Kier molecular flexibility index (Phi) is 3.36. The number of piperidine rings is 1. The van der Waals surface area contributed by atoms with Gasteiger partial charge in [-0.05, 0) is 38.8 Å². The minimum atomic E-state index is -4.35. The Morgan fingerprint density at radius 2 is 1.85 bits per heavy atom. The summed E-state index contributed by atoms with van der Waals surface area (Å²) >= 11 is 0. The second-order valence-corrected chi connectivity index (χ2v) is 5.64. The Morgan fingerprint density at radius 3 is 2.35 bits per heavy atom. The van der Waals surface area contributed by atoms with Crippen molar-refractivity contribution in [3.8, 4) is 5.88 Å². The van der Waals surface area contributed by atoms with E-state index in [1.165, 1.54) is 18.9 Å². The summed E-state index contributed by atoms with van der Waals surface area (Å²) in [6.07, 6.45) is 0.763. The van der Waals surface area contributed by atoms with Gasteiger partial charge in [0, 0.05) is 24.3 Å². The third-order valence-electron chi connectivity index (χ3n) is 4.41. The van der Waals surface area contributed by atoms with Gasteiger partial charge in [-0.25, -0.2) is 4.98 Å². The maximum Gasteiger partial charge on any atom is 0.417 e. The summed E-state index contributed by atoms with van der Waals surface area (Å²) in [7, 11) is 2.13. The van der Waals surface area contributed by atoms with Crippen molar-refractivity contribution in [2.45, 2.75) is 50.0 Å². The fourth-order valence-corrected chi connectivity index (χ4v) is 3.25.